The summed E-state index contributed by atoms with van der Waals surface area (Å²) in [5.74, 6) is 0. The van der Waals surface area contributed by atoms with E-state index >= 15 is 0 Å². The van der Waals surface area contributed by atoms with Gasteiger partial charge in [-0.1, -0.05) is 12.8 Å². The largest absolute Gasteiger partial charge is 0.381 e. The van der Waals surface area contributed by atoms with Gasteiger partial charge in [0.05, 0.1) is 11.6 Å². The van der Waals surface area contributed by atoms with Crippen LogP contribution < -0.4 is 11.1 Å². The van der Waals surface area contributed by atoms with Gasteiger partial charge in [-0.2, -0.15) is 5.26 Å². The fourth-order valence-electron chi connectivity index (χ4n) is 2.19. The summed E-state index contributed by atoms with van der Waals surface area (Å²) in [6.45, 7) is 0. The van der Waals surface area contributed by atoms with Gasteiger partial charge in [0.2, 0.25) is 0 Å². The Morgan fingerprint density at radius 2 is 1.88 bits per heavy atom. The van der Waals surface area contributed by atoms with E-state index in [0.717, 1.165) is 18.5 Å². The minimum Gasteiger partial charge on any atom is -0.381 e. The zero-order chi connectivity index (χ0) is 11.4. The normalized spacial score (nSPS) is 24.8. The van der Waals surface area contributed by atoms with Crippen LogP contribution in [0.5, 0.6) is 0 Å². The molecule has 0 aliphatic heterocycles. The molecule has 0 radical (unpaired) electrons. The zero-order valence-corrected chi connectivity index (χ0v) is 9.32. The number of nitrogens with two attached hydrogens (primary N) is 1. The molecule has 16 heavy (non-hydrogen) atoms. The first-order valence-electron chi connectivity index (χ1n) is 5.82. The molecule has 2 rings (SSSR count). The van der Waals surface area contributed by atoms with Crippen LogP contribution in [-0.2, 0) is 0 Å². The maximum atomic E-state index is 8.70. The number of nitrogens with zero attached hydrogens (tertiary/aromatic N) is 1. The number of benzene rings is 1. The Kier molecular flexibility index (Phi) is 3.43. The summed E-state index contributed by atoms with van der Waals surface area (Å²) >= 11 is 0. The molecule has 0 spiro atoms. The van der Waals surface area contributed by atoms with Crippen molar-refractivity contribution in [2.75, 3.05) is 5.32 Å². The van der Waals surface area contributed by atoms with Crippen LogP contribution in [0.1, 0.15) is 31.2 Å². The second kappa shape index (κ2) is 5.00. The van der Waals surface area contributed by atoms with Crippen molar-refractivity contribution >= 4 is 5.69 Å². The number of rotatable bonds is 2. The van der Waals surface area contributed by atoms with Gasteiger partial charge < -0.3 is 11.1 Å². The fraction of sp³-hybridized carbons (Fsp3) is 0.462. The number of anilines is 1. The van der Waals surface area contributed by atoms with Gasteiger partial charge in [0.15, 0.2) is 0 Å². The summed E-state index contributed by atoms with van der Waals surface area (Å²) in [6, 6.07) is 10.3. The molecule has 1 aliphatic rings. The van der Waals surface area contributed by atoms with Gasteiger partial charge in [0.25, 0.3) is 0 Å². The highest BCUT2D eigenvalue weighted by Gasteiger charge is 2.21. The second-order valence-corrected chi connectivity index (χ2v) is 4.39. The van der Waals surface area contributed by atoms with Crippen LogP contribution in [0.4, 0.5) is 5.69 Å². The molecular formula is C13H17N3. The molecule has 0 bridgehead atoms. The number of hydrogen-bond acceptors (Lipinski definition) is 3. The second-order valence-electron chi connectivity index (χ2n) is 4.39. The first-order chi connectivity index (χ1) is 7.79. The van der Waals surface area contributed by atoms with Gasteiger partial charge in [-0.25, -0.2) is 0 Å². The summed E-state index contributed by atoms with van der Waals surface area (Å²) in [5, 5.41) is 12.1. The van der Waals surface area contributed by atoms with E-state index in [-0.39, 0.29) is 6.04 Å². The Morgan fingerprint density at radius 3 is 2.50 bits per heavy atom. The van der Waals surface area contributed by atoms with Crippen LogP contribution >= 0.6 is 0 Å². The molecule has 3 N–H and O–H groups in total. The van der Waals surface area contributed by atoms with E-state index in [0.29, 0.717) is 11.6 Å². The molecule has 1 saturated carbocycles. The molecule has 0 unspecified atom stereocenters. The van der Waals surface area contributed by atoms with E-state index in [1.807, 2.05) is 24.3 Å². The summed E-state index contributed by atoms with van der Waals surface area (Å²) < 4.78 is 0. The highest BCUT2D eigenvalue weighted by atomic mass is 15.0. The van der Waals surface area contributed by atoms with E-state index in [2.05, 4.69) is 11.4 Å². The van der Waals surface area contributed by atoms with Gasteiger partial charge in [-0.15, -0.1) is 0 Å². The molecule has 84 valence electrons. The Hall–Kier alpha value is -1.53. The van der Waals surface area contributed by atoms with Crippen molar-refractivity contribution in [1.29, 1.82) is 5.26 Å². The Balaban J connectivity index is 2.00. The van der Waals surface area contributed by atoms with Crippen LogP contribution in [0.15, 0.2) is 24.3 Å². The molecule has 3 nitrogen and oxygen atoms in total. The van der Waals surface area contributed by atoms with Crippen molar-refractivity contribution in [3.63, 3.8) is 0 Å². The third-order valence-corrected chi connectivity index (χ3v) is 3.19. The van der Waals surface area contributed by atoms with Gasteiger partial charge >= 0.3 is 0 Å². The van der Waals surface area contributed by atoms with Crippen molar-refractivity contribution in [3.05, 3.63) is 29.8 Å². The molecule has 1 aromatic rings. The highest BCUT2D eigenvalue weighted by Crippen LogP contribution is 2.21. The maximum absolute atomic E-state index is 8.70. The molecule has 0 amide bonds. The standard InChI is InChI=1S/C13H17N3/c14-9-10-5-7-11(8-6-10)16-13-4-2-1-3-12(13)15/h5-8,12-13,16H,1-4,15H2/t12-,13+/m0/s1. The van der Waals surface area contributed by atoms with E-state index in [9.17, 15) is 0 Å². The van der Waals surface area contributed by atoms with Gasteiger partial charge in [-0.05, 0) is 37.1 Å². The van der Waals surface area contributed by atoms with Gasteiger partial charge in [-0.3, -0.25) is 0 Å². The van der Waals surface area contributed by atoms with Crippen LogP contribution in [0.3, 0.4) is 0 Å². The molecule has 3 heteroatoms. The predicted octanol–water partition coefficient (Wildman–Crippen LogP) is 2.24. The Bertz CT molecular complexity index is 377. The lowest BCUT2D eigenvalue weighted by molar-refractivity contribution is 0.404. The molecular weight excluding hydrogens is 198 g/mol. The van der Waals surface area contributed by atoms with Crippen LogP contribution in [0.2, 0.25) is 0 Å². The molecule has 1 aromatic carbocycles. The van der Waals surface area contributed by atoms with Crippen molar-refractivity contribution < 1.29 is 0 Å². The SMILES string of the molecule is N#Cc1ccc(N[C@@H]2CCCC[C@@H]2N)cc1. The van der Waals surface area contributed by atoms with Crippen molar-refractivity contribution in [2.45, 2.75) is 37.8 Å². The lowest BCUT2D eigenvalue weighted by Crippen LogP contribution is -2.42. The Morgan fingerprint density at radius 1 is 1.19 bits per heavy atom. The lowest BCUT2D eigenvalue weighted by atomic mass is 9.91. The average molecular weight is 215 g/mol. The van der Waals surface area contributed by atoms with E-state index < -0.39 is 0 Å². The lowest BCUT2D eigenvalue weighted by Gasteiger charge is -2.30. The summed E-state index contributed by atoms with van der Waals surface area (Å²) in [4.78, 5) is 0. The first-order valence-corrected chi connectivity index (χ1v) is 5.82. The predicted molar refractivity (Wildman–Crippen MR) is 65.0 cm³/mol. The van der Waals surface area contributed by atoms with E-state index in [4.69, 9.17) is 11.0 Å². The third-order valence-electron chi connectivity index (χ3n) is 3.19. The highest BCUT2D eigenvalue weighted by molar-refractivity contribution is 5.48. The third kappa shape index (κ3) is 2.53. The number of hydrogen-bond donors (Lipinski definition) is 2. The summed E-state index contributed by atoms with van der Waals surface area (Å²) in [5.41, 5.74) is 7.82. The smallest absolute Gasteiger partial charge is 0.0991 e. The number of nitriles is 1. The molecule has 0 heterocycles. The van der Waals surface area contributed by atoms with Crippen LogP contribution in [0.25, 0.3) is 0 Å². The van der Waals surface area contributed by atoms with Crippen molar-refractivity contribution in [2.24, 2.45) is 5.73 Å². The topological polar surface area (TPSA) is 61.8 Å². The average Bonchev–Trinajstić information content (AvgIpc) is 2.33. The van der Waals surface area contributed by atoms with Gasteiger partial charge in [0, 0.05) is 17.8 Å². The maximum Gasteiger partial charge on any atom is 0.0991 e. The fourth-order valence-corrected chi connectivity index (χ4v) is 2.19. The minimum atomic E-state index is 0.254. The molecule has 2 atom stereocenters. The number of nitrogens with one attached hydrogen (secondary N) is 1. The molecule has 1 fully saturated rings. The zero-order valence-electron chi connectivity index (χ0n) is 9.32. The molecule has 1 aliphatic carbocycles. The van der Waals surface area contributed by atoms with Gasteiger partial charge in [0.1, 0.15) is 0 Å². The minimum absolute atomic E-state index is 0.254. The van der Waals surface area contributed by atoms with Crippen LogP contribution in [-0.4, -0.2) is 12.1 Å². The van der Waals surface area contributed by atoms with Crippen LogP contribution in [0, 0.1) is 11.3 Å². The van der Waals surface area contributed by atoms with E-state index in [1.54, 1.807) is 0 Å². The van der Waals surface area contributed by atoms with Crippen molar-refractivity contribution in [3.8, 4) is 6.07 Å². The molecule has 0 saturated heterocycles. The Labute approximate surface area is 96.3 Å². The quantitative estimate of drug-likeness (QED) is 0.795. The molecule has 0 aromatic heterocycles. The first kappa shape index (κ1) is 11.0. The van der Waals surface area contributed by atoms with E-state index in [1.165, 1.54) is 12.8 Å². The summed E-state index contributed by atoms with van der Waals surface area (Å²) in [6.07, 6.45) is 4.74. The monoisotopic (exact) mass is 215 g/mol. The van der Waals surface area contributed by atoms with Crippen molar-refractivity contribution in [1.82, 2.24) is 0 Å². The summed E-state index contributed by atoms with van der Waals surface area (Å²) in [7, 11) is 0.